The van der Waals surface area contributed by atoms with Gasteiger partial charge in [-0.15, -0.1) is 0 Å². The SMILES string of the molecule is Cc1cccc(C)c1NC(=O)[C@@H](C)OC(=O)c1cn(C(C)C)cn1. The van der Waals surface area contributed by atoms with E-state index in [0.717, 1.165) is 16.8 Å². The lowest BCUT2D eigenvalue weighted by Gasteiger charge is -2.15. The number of carbonyl (C=O) groups excluding carboxylic acids is 2. The number of carbonyl (C=O) groups is 2. The maximum atomic E-state index is 12.3. The molecule has 1 amide bonds. The number of imidazole rings is 1. The van der Waals surface area contributed by atoms with Crippen molar-refractivity contribution in [2.75, 3.05) is 5.32 Å². The standard InChI is InChI=1S/C18H23N3O3/c1-11(2)21-9-15(19-10-21)18(23)24-14(5)17(22)20-16-12(3)7-6-8-13(16)4/h6-11,14H,1-5H3,(H,20,22)/t14-/m1/s1. The first-order valence-corrected chi connectivity index (χ1v) is 7.91. The molecule has 1 aromatic carbocycles. The van der Waals surface area contributed by atoms with E-state index in [0.29, 0.717) is 0 Å². The van der Waals surface area contributed by atoms with E-state index in [4.69, 9.17) is 4.74 Å². The fraction of sp³-hybridized carbons (Fsp3) is 0.389. The second-order valence-corrected chi connectivity index (χ2v) is 6.10. The summed E-state index contributed by atoms with van der Waals surface area (Å²) in [6.07, 6.45) is 2.27. The summed E-state index contributed by atoms with van der Waals surface area (Å²) in [5.74, 6) is -0.984. The number of nitrogens with one attached hydrogen (secondary N) is 1. The molecule has 1 heterocycles. The van der Waals surface area contributed by atoms with Crippen molar-refractivity contribution < 1.29 is 14.3 Å². The largest absolute Gasteiger partial charge is 0.448 e. The van der Waals surface area contributed by atoms with Crippen LogP contribution in [0.15, 0.2) is 30.7 Å². The molecule has 6 heteroatoms. The van der Waals surface area contributed by atoms with Crippen LogP contribution in [0, 0.1) is 13.8 Å². The van der Waals surface area contributed by atoms with Crippen LogP contribution in [-0.2, 0) is 9.53 Å². The van der Waals surface area contributed by atoms with Crippen molar-refractivity contribution in [1.29, 1.82) is 0 Å². The lowest BCUT2D eigenvalue weighted by atomic mass is 10.1. The highest BCUT2D eigenvalue weighted by atomic mass is 16.5. The zero-order valence-electron chi connectivity index (χ0n) is 14.7. The average molecular weight is 329 g/mol. The summed E-state index contributed by atoms with van der Waals surface area (Å²) in [6, 6.07) is 5.95. The van der Waals surface area contributed by atoms with Crippen LogP contribution in [0.25, 0.3) is 0 Å². The van der Waals surface area contributed by atoms with Crippen LogP contribution in [0.3, 0.4) is 0 Å². The van der Waals surface area contributed by atoms with Gasteiger partial charge < -0.3 is 14.6 Å². The Balaban J connectivity index is 2.01. The number of hydrogen-bond donors (Lipinski definition) is 1. The molecule has 1 atom stereocenters. The van der Waals surface area contributed by atoms with Crippen LogP contribution in [0.5, 0.6) is 0 Å². The summed E-state index contributed by atoms with van der Waals surface area (Å²) in [5.41, 5.74) is 2.85. The molecule has 0 unspecified atom stereocenters. The van der Waals surface area contributed by atoms with E-state index in [1.54, 1.807) is 24.0 Å². The van der Waals surface area contributed by atoms with Gasteiger partial charge >= 0.3 is 5.97 Å². The van der Waals surface area contributed by atoms with Crippen LogP contribution in [-0.4, -0.2) is 27.5 Å². The Hall–Kier alpha value is -2.63. The molecule has 0 fully saturated rings. The molecule has 1 N–H and O–H groups in total. The monoisotopic (exact) mass is 329 g/mol. The first kappa shape index (κ1) is 17.7. The third-order valence-corrected chi connectivity index (χ3v) is 3.79. The molecule has 0 saturated carbocycles. The van der Waals surface area contributed by atoms with Gasteiger partial charge in [0.05, 0.1) is 6.33 Å². The van der Waals surface area contributed by atoms with Gasteiger partial charge in [-0.2, -0.15) is 0 Å². The van der Waals surface area contributed by atoms with E-state index in [9.17, 15) is 9.59 Å². The number of benzene rings is 1. The van der Waals surface area contributed by atoms with Crippen molar-refractivity contribution in [1.82, 2.24) is 9.55 Å². The molecular weight excluding hydrogens is 306 g/mol. The molecule has 0 spiro atoms. The van der Waals surface area contributed by atoms with Gasteiger partial charge in [0.15, 0.2) is 11.8 Å². The van der Waals surface area contributed by atoms with Crippen molar-refractivity contribution in [3.8, 4) is 0 Å². The third-order valence-electron chi connectivity index (χ3n) is 3.79. The number of hydrogen-bond acceptors (Lipinski definition) is 4. The van der Waals surface area contributed by atoms with E-state index < -0.39 is 12.1 Å². The van der Waals surface area contributed by atoms with E-state index in [1.807, 2.05) is 45.9 Å². The zero-order chi connectivity index (χ0) is 17.9. The maximum absolute atomic E-state index is 12.3. The number of rotatable bonds is 5. The normalized spacial score (nSPS) is 12.1. The number of nitrogens with zero attached hydrogens (tertiary/aromatic N) is 2. The van der Waals surface area contributed by atoms with Gasteiger partial charge in [-0.1, -0.05) is 18.2 Å². The average Bonchev–Trinajstić information content (AvgIpc) is 3.01. The van der Waals surface area contributed by atoms with Crippen molar-refractivity contribution in [3.05, 3.63) is 47.5 Å². The fourth-order valence-electron chi connectivity index (χ4n) is 2.24. The number of amides is 1. The molecule has 0 bridgehead atoms. The minimum Gasteiger partial charge on any atom is -0.448 e. The molecule has 0 aliphatic carbocycles. The van der Waals surface area contributed by atoms with Gasteiger partial charge in [0.25, 0.3) is 5.91 Å². The predicted molar refractivity (Wildman–Crippen MR) is 92.0 cm³/mol. The molecule has 24 heavy (non-hydrogen) atoms. The van der Waals surface area contributed by atoms with Gasteiger partial charge in [0.1, 0.15) is 0 Å². The molecule has 1 aromatic heterocycles. The van der Waals surface area contributed by atoms with Crippen LogP contribution < -0.4 is 5.32 Å². The van der Waals surface area contributed by atoms with E-state index >= 15 is 0 Å². The van der Waals surface area contributed by atoms with Crippen molar-refractivity contribution in [3.63, 3.8) is 0 Å². The first-order valence-electron chi connectivity index (χ1n) is 7.91. The van der Waals surface area contributed by atoms with Crippen molar-refractivity contribution in [2.45, 2.75) is 46.8 Å². The highest BCUT2D eigenvalue weighted by Crippen LogP contribution is 2.20. The number of aromatic nitrogens is 2. The Morgan fingerprint density at radius 3 is 2.33 bits per heavy atom. The summed E-state index contributed by atoms with van der Waals surface area (Å²) in [4.78, 5) is 28.4. The van der Waals surface area contributed by atoms with Gasteiger partial charge in [-0.05, 0) is 45.7 Å². The third kappa shape index (κ3) is 4.01. The first-order chi connectivity index (χ1) is 11.3. The number of ether oxygens (including phenoxy) is 1. The second kappa shape index (κ2) is 7.29. The number of anilines is 1. The second-order valence-electron chi connectivity index (χ2n) is 6.10. The zero-order valence-corrected chi connectivity index (χ0v) is 14.7. The van der Waals surface area contributed by atoms with E-state index in [2.05, 4.69) is 10.3 Å². The number of aryl methyl sites for hydroxylation is 2. The summed E-state index contributed by atoms with van der Waals surface area (Å²) in [6.45, 7) is 9.34. The summed E-state index contributed by atoms with van der Waals surface area (Å²) in [5, 5.41) is 2.82. The highest BCUT2D eigenvalue weighted by molar-refractivity contribution is 5.97. The van der Waals surface area contributed by atoms with E-state index in [1.165, 1.54) is 0 Å². The Morgan fingerprint density at radius 1 is 1.17 bits per heavy atom. The lowest BCUT2D eigenvalue weighted by molar-refractivity contribution is -0.123. The van der Waals surface area contributed by atoms with Gasteiger partial charge in [0.2, 0.25) is 0 Å². The Kier molecular flexibility index (Phi) is 5.39. The maximum Gasteiger partial charge on any atom is 0.359 e. The van der Waals surface area contributed by atoms with Crippen molar-refractivity contribution >= 4 is 17.6 Å². The molecule has 0 aliphatic heterocycles. The van der Waals surface area contributed by atoms with Gasteiger partial charge in [-0.25, -0.2) is 9.78 Å². The molecule has 128 valence electrons. The summed E-state index contributed by atoms with van der Waals surface area (Å²) >= 11 is 0. The molecule has 2 aromatic rings. The number of para-hydroxylation sites is 1. The van der Waals surface area contributed by atoms with Crippen LogP contribution in [0.4, 0.5) is 5.69 Å². The Bertz CT molecular complexity index is 729. The van der Waals surface area contributed by atoms with E-state index in [-0.39, 0.29) is 17.6 Å². The molecule has 6 nitrogen and oxygen atoms in total. The quantitative estimate of drug-likeness (QED) is 0.855. The van der Waals surface area contributed by atoms with Gasteiger partial charge in [-0.3, -0.25) is 4.79 Å². The lowest BCUT2D eigenvalue weighted by Crippen LogP contribution is -2.30. The highest BCUT2D eigenvalue weighted by Gasteiger charge is 2.21. The molecule has 0 radical (unpaired) electrons. The van der Waals surface area contributed by atoms with Crippen LogP contribution in [0.2, 0.25) is 0 Å². The summed E-state index contributed by atoms with van der Waals surface area (Å²) in [7, 11) is 0. The van der Waals surface area contributed by atoms with Crippen LogP contribution >= 0.6 is 0 Å². The molecular formula is C18H23N3O3. The summed E-state index contributed by atoms with van der Waals surface area (Å²) < 4.78 is 7.02. The topological polar surface area (TPSA) is 73.2 Å². The Morgan fingerprint density at radius 2 is 1.79 bits per heavy atom. The molecule has 0 aliphatic rings. The van der Waals surface area contributed by atoms with Gasteiger partial charge in [0, 0.05) is 17.9 Å². The minimum atomic E-state index is -0.916. The fourth-order valence-corrected chi connectivity index (χ4v) is 2.24. The van der Waals surface area contributed by atoms with Crippen LogP contribution in [0.1, 0.15) is 48.4 Å². The molecule has 2 rings (SSSR count). The number of esters is 1. The van der Waals surface area contributed by atoms with Crippen molar-refractivity contribution in [2.24, 2.45) is 0 Å². The minimum absolute atomic E-state index is 0.190. The molecule has 0 saturated heterocycles. The predicted octanol–water partition coefficient (Wildman–Crippen LogP) is 3.26. The smallest absolute Gasteiger partial charge is 0.359 e. The Labute approximate surface area is 141 Å².